The number of rotatable bonds is 52. The highest BCUT2D eigenvalue weighted by molar-refractivity contribution is 7.47. The minimum absolute atomic E-state index is 0.0583. The predicted molar refractivity (Wildman–Crippen MR) is 327 cm³/mol. The van der Waals surface area contributed by atoms with E-state index in [-0.39, 0.29) is 19.1 Å². The van der Waals surface area contributed by atoms with Gasteiger partial charge in [0, 0.05) is 6.42 Å². The van der Waals surface area contributed by atoms with Gasteiger partial charge in [0.05, 0.1) is 39.9 Å². The van der Waals surface area contributed by atoms with Gasteiger partial charge in [-0.05, 0) is 103 Å². The van der Waals surface area contributed by atoms with Crippen LogP contribution in [-0.2, 0) is 18.4 Å². The van der Waals surface area contributed by atoms with E-state index in [9.17, 15) is 19.4 Å². The van der Waals surface area contributed by atoms with Crippen LogP contribution in [0.2, 0.25) is 0 Å². The normalized spacial score (nSPS) is 14.9. The third kappa shape index (κ3) is 57.9. The van der Waals surface area contributed by atoms with Crippen molar-refractivity contribution in [1.82, 2.24) is 5.32 Å². The van der Waals surface area contributed by atoms with Crippen molar-refractivity contribution in [2.24, 2.45) is 0 Å². The van der Waals surface area contributed by atoms with Gasteiger partial charge in [0.2, 0.25) is 5.91 Å². The highest BCUT2D eigenvalue weighted by Gasteiger charge is 2.28. The van der Waals surface area contributed by atoms with Gasteiger partial charge < -0.3 is 19.8 Å². The second-order valence-electron chi connectivity index (χ2n) is 20.6. The van der Waals surface area contributed by atoms with Crippen molar-refractivity contribution in [1.29, 1.82) is 0 Å². The molecule has 75 heavy (non-hydrogen) atoms. The van der Waals surface area contributed by atoms with E-state index < -0.39 is 20.0 Å². The minimum Gasteiger partial charge on any atom is -0.391 e. The Hall–Kier alpha value is -3.62. The fraction of sp³-hybridized carbons (Fsp3) is 0.621. The lowest BCUT2D eigenvalue weighted by molar-refractivity contribution is -0.870. The molecule has 3 unspecified atom stereocenters. The number of nitrogens with zero attached hydrogens (tertiary/aromatic N) is 1. The number of hydrogen-bond donors (Lipinski definition) is 3. The molecule has 0 bridgehead atoms. The van der Waals surface area contributed by atoms with Crippen LogP contribution >= 0.6 is 7.82 Å². The molecule has 426 valence electrons. The van der Waals surface area contributed by atoms with E-state index in [2.05, 4.69) is 165 Å². The molecule has 0 aromatic carbocycles. The van der Waals surface area contributed by atoms with Crippen molar-refractivity contribution in [3.05, 3.63) is 146 Å². The van der Waals surface area contributed by atoms with Gasteiger partial charge in [-0.25, -0.2) is 4.57 Å². The van der Waals surface area contributed by atoms with E-state index in [1.807, 2.05) is 21.1 Å². The van der Waals surface area contributed by atoms with Gasteiger partial charge >= 0.3 is 7.82 Å². The van der Waals surface area contributed by atoms with Crippen molar-refractivity contribution in [2.75, 3.05) is 40.9 Å². The van der Waals surface area contributed by atoms with Gasteiger partial charge in [0.1, 0.15) is 13.2 Å². The zero-order valence-electron chi connectivity index (χ0n) is 48.5. The lowest BCUT2D eigenvalue weighted by Gasteiger charge is -2.26. The number of amides is 1. The number of phosphoric ester groups is 1. The Morgan fingerprint density at radius 1 is 0.467 bits per heavy atom. The van der Waals surface area contributed by atoms with Crippen molar-refractivity contribution in [3.8, 4) is 0 Å². The number of hydrogen-bond acceptors (Lipinski definition) is 5. The van der Waals surface area contributed by atoms with Crippen LogP contribution in [0.15, 0.2) is 146 Å². The van der Waals surface area contributed by atoms with Crippen LogP contribution in [-0.4, -0.2) is 73.4 Å². The monoisotopic (exact) mass is 1060 g/mol. The van der Waals surface area contributed by atoms with Gasteiger partial charge in [-0.3, -0.25) is 13.8 Å². The zero-order valence-corrected chi connectivity index (χ0v) is 49.4. The van der Waals surface area contributed by atoms with Crippen LogP contribution in [0.3, 0.4) is 0 Å². The Labute approximate surface area is 461 Å². The summed E-state index contributed by atoms with van der Waals surface area (Å²) in [4.78, 5) is 23.3. The summed E-state index contributed by atoms with van der Waals surface area (Å²) in [7, 11) is 1.57. The van der Waals surface area contributed by atoms with Crippen LogP contribution in [0.1, 0.15) is 213 Å². The molecule has 0 fully saturated rings. The van der Waals surface area contributed by atoms with Crippen molar-refractivity contribution in [3.63, 3.8) is 0 Å². The number of likely N-dealkylation sites (N-methyl/N-ethyl adjacent to an activating group) is 1. The lowest BCUT2D eigenvalue weighted by atomic mass is 10.0. The predicted octanol–water partition coefficient (Wildman–Crippen LogP) is 18.5. The van der Waals surface area contributed by atoms with Gasteiger partial charge in [-0.15, -0.1) is 0 Å². The highest BCUT2D eigenvalue weighted by Crippen LogP contribution is 2.43. The SMILES string of the molecule is CC/C=C\C/C=C\C/C=C\C/C=C\C/C=C\C/C=C\C/C=C\C/C=C\C/C=C\C/C=C\C/C=C\C/C=C\CCCCC(=O)NC(COP(=O)(O)OCC[N+](C)(C)C)C(O)CCCCCCCCCCCCCCCC. The standard InChI is InChI=1S/C66H111N2O6P/c1-6-8-10-12-14-16-18-20-22-23-24-25-26-27-28-29-30-31-32-33-34-35-36-37-38-39-40-41-42-43-44-45-46-48-50-52-54-56-58-60-66(70)67-64(63-74-75(71,72)73-62-61-68(3,4)5)65(69)59-57-55-53-51-49-47-21-19-17-15-13-11-9-7-2/h8,10,14,16,20,22,24-25,27-28,30-31,33-34,36-37,39-40,42-43,45-46,50,52,64-65,69H,6-7,9,11-13,15,17-19,21,23,26,29,32,35,38,41,44,47-49,51,53-63H2,1-5H3,(H-,67,70,71,72)/p+1/b10-8-,16-14-,22-20-,25-24-,28-27-,31-30-,34-33-,37-36-,40-39-,43-42-,46-45-,52-50-. The maximum absolute atomic E-state index is 13.0. The number of unbranched alkanes of at least 4 members (excludes halogenated alkanes) is 15. The fourth-order valence-corrected chi connectivity index (χ4v) is 8.47. The summed E-state index contributed by atoms with van der Waals surface area (Å²) in [6, 6.07) is -0.794. The molecular formula is C66H112N2O6P+. The molecule has 0 aromatic rings. The molecule has 0 aromatic heterocycles. The molecule has 0 heterocycles. The average molecular weight is 1060 g/mol. The number of carbonyl (C=O) groups excluding carboxylic acids is 1. The summed E-state index contributed by atoms with van der Waals surface area (Å²) < 4.78 is 23.7. The maximum Gasteiger partial charge on any atom is 0.472 e. The number of phosphoric acid groups is 1. The first kappa shape index (κ1) is 71.4. The van der Waals surface area contributed by atoms with E-state index in [4.69, 9.17) is 9.05 Å². The van der Waals surface area contributed by atoms with E-state index in [1.54, 1.807) is 0 Å². The van der Waals surface area contributed by atoms with Crippen molar-refractivity contribution in [2.45, 2.75) is 225 Å². The summed E-state index contributed by atoms with van der Waals surface area (Å²) in [5.74, 6) is -0.193. The fourth-order valence-electron chi connectivity index (χ4n) is 7.73. The second kappa shape index (κ2) is 55.1. The largest absolute Gasteiger partial charge is 0.472 e. The number of carbonyl (C=O) groups is 1. The third-order valence-electron chi connectivity index (χ3n) is 12.4. The Balaban J connectivity index is 4.23. The molecule has 1 amide bonds. The van der Waals surface area contributed by atoms with Crippen LogP contribution < -0.4 is 5.32 Å². The smallest absolute Gasteiger partial charge is 0.391 e. The number of aliphatic hydroxyl groups excluding tert-OH is 1. The molecule has 0 aliphatic rings. The molecule has 0 saturated carbocycles. The van der Waals surface area contributed by atoms with Gasteiger partial charge in [-0.2, -0.15) is 0 Å². The van der Waals surface area contributed by atoms with Gasteiger partial charge in [0.15, 0.2) is 0 Å². The molecule has 0 aliphatic carbocycles. The number of aliphatic hydroxyl groups is 1. The summed E-state index contributed by atoms with van der Waals surface area (Å²) in [5, 5.41) is 14.0. The Morgan fingerprint density at radius 3 is 1.15 bits per heavy atom. The molecule has 0 radical (unpaired) electrons. The summed E-state index contributed by atoms with van der Waals surface area (Å²) >= 11 is 0. The number of allylic oxidation sites excluding steroid dienone is 24. The zero-order chi connectivity index (χ0) is 54.9. The molecule has 0 aliphatic heterocycles. The second-order valence-corrected chi connectivity index (χ2v) is 22.1. The van der Waals surface area contributed by atoms with E-state index in [1.165, 1.54) is 70.6 Å². The minimum atomic E-state index is -4.34. The number of nitrogens with one attached hydrogen (secondary N) is 1. The highest BCUT2D eigenvalue weighted by atomic mass is 31.2. The quantitative estimate of drug-likeness (QED) is 0.0243. The van der Waals surface area contributed by atoms with Crippen LogP contribution in [0.5, 0.6) is 0 Å². The summed E-state index contributed by atoms with van der Waals surface area (Å²) in [5.41, 5.74) is 0. The summed E-state index contributed by atoms with van der Waals surface area (Å²) in [6.07, 6.45) is 84.9. The third-order valence-corrected chi connectivity index (χ3v) is 13.3. The number of quaternary nitrogens is 1. The molecule has 0 rings (SSSR count). The Morgan fingerprint density at radius 2 is 0.800 bits per heavy atom. The molecular weight excluding hydrogens is 948 g/mol. The maximum atomic E-state index is 13.0. The molecule has 8 nitrogen and oxygen atoms in total. The molecule has 9 heteroatoms. The topological polar surface area (TPSA) is 105 Å². The van der Waals surface area contributed by atoms with Crippen LogP contribution in [0, 0.1) is 0 Å². The molecule has 0 spiro atoms. The van der Waals surface area contributed by atoms with Crippen molar-refractivity contribution < 1.29 is 32.9 Å². The first-order valence-electron chi connectivity index (χ1n) is 29.7. The molecule has 3 N–H and O–H groups in total. The van der Waals surface area contributed by atoms with Gasteiger partial charge in [0.25, 0.3) is 0 Å². The lowest BCUT2D eigenvalue weighted by Crippen LogP contribution is -2.46. The van der Waals surface area contributed by atoms with E-state index in [0.717, 1.165) is 109 Å². The Kier molecular flexibility index (Phi) is 52.5. The van der Waals surface area contributed by atoms with E-state index in [0.29, 0.717) is 30.3 Å². The summed E-state index contributed by atoms with van der Waals surface area (Å²) in [6.45, 7) is 4.72. The molecule has 0 saturated heterocycles. The van der Waals surface area contributed by atoms with Crippen LogP contribution in [0.25, 0.3) is 0 Å². The Bertz CT molecular complexity index is 1720. The van der Waals surface area contributed by atoms with Crippen molar-refractivity contribution >= 4 is 13.7 Å². The first-order valence-corrected chi connectivity index (χ1v) is 31.2. The molecule has 3 atom stereocenters. The first-order chi connectivity index (χ1) is 36.5. The van der Waals surface area contributed by atoms with Crippen LogP contribution in [0.4, 0.5) is 0 Å². The van der Waals surface area contributed by atoms with Gasteiger partial charge in [-0.1, -0.05) is 250 Å². The average Bonchev–Trinajstić information content (AvgIpc) is 3.37. The van der Waals surface area contributed by atoms with E-state index >= 15 is 0 Å².